The van der Waals surface area contributed by atoms with E-state index >= 15 is 0 Å². The fourth-order valence-electron chi connectivity index (χ4n) is 4.64. The summed E-state index contributed by atoms with van der Waals surface area (Å²) in [5.41, 5.74) is 4.31. The molecular formula is C25H17Br2Cl2N3O4. The molecule has 5 rings (SSSR count). The van der Waals surface area contributed by atoms with E-state index < -0.39 is 35.7 Å². The van der Waals surface area contributed by atoms with Gasteiger partial charge in [-0.05, 0) is 54.6 Å². The lowest BCUT2D eigenvalue weighted by Crippen LogP contribution is -2.48. The van der Waals surface area contributed by atoms with E-state index in [1.807, 2.05) is 0 Å². The Morgan fingerprint density at radius 3 is 2.42 bits per heavy atom. The molecule has 7 nitrogen and oxygen atoms in total. The largest absolute Gasteiger partial charge is 0.496 e. The molecule has 3 aromatic carbocycles. The molecule has 3 aromatic rings. The number of anilines is 1. The predicted octanol–water partition coefficient (Wildman–Crippen LogP) is 5.79. The molecule has 0 aliphatic carbocycles. The van der Waals surface area contributed by atoms with Crippen molar-refractivity contribution in [3.63, 3.8) is 0 Å². The first-order valence-electron chi connectivity index (χ1n) is 10.7. The van der Waals surface area contributed by atoms with Crippen molar-refractivity contribution >= 4 is 78.5 Å². The summed E-state index contributed by atoms with van der Waals surface area (Å²) >= 11 is 19.2. The standard InChI is InChI=1S/C25H17Br2Cl2N3O4/c1-36-19-8-5-14(27)10-16(19)21-20-22(32(30-21)23(33)12-3-2-4-13(26)9-12)25(35)31(24(20)34)18-7-6-15(28)11-17(18)29/h2-11,20-22,30H,1H3. The molecule has 2 aliphatic rings. The van der Waals surface area contributed by atoms with Gasteiger partial charge in [0.15, 0.2) is 0 Å². The van der Waals surface area contributed by atoms with Crippen molar-refractivity contribution in [3.8, 4) is 5.75 Å². The number of carbonyl (C=O) groups is 3. The summed E-state index contributed by atoms with van der Waals surface area (Å²) in [6.45, 7) is 0. The van der Waals surface area contributed by atoms with Crippen LogP contribution in [-0.4, -0.2) is 35.9 Å². The molecule has 184 valence electrons. The van der Waals surface area contributed by atoms with Gasteiger partial charge in [-0.15, -0.1) is 0 Å². The van der Waals surface area contributed by atoms with Crippen LogP contribution >= 0.6 is 55.1 Å². The Balaban J connectivity index is 1.64. The van der Waals surface area contributed by atoms with Crippen LogP contribution in [-0.2, 0) is 9.59 Å². The normalized spacial score (nSPS) is 21.2. The van der Waals surface area contributed by atoms with Gasteiger partial charge in [0.2, 0.25) is 5.91 Å². The second-order valence-corrected chi connectivity index (χ2v) is 10.9. The topological polar surface area (TPSA) is 79.0 Å². The molecule has 0 spiro atoms. The van der Waals surface area contributed by atoms with Gasteiger partial charge in [-0.1, -0.05) is 61.1 Å². The summed E-state index contributed by atoms with van der Waals surface area (Å²) in [4.78, 5) is 42.3. The van der Waals surface area contributed by atoms with Crippen LogP contribution in [0.1, 0.15) is 22.0 Å². The zero-order valence-electron chi connectivity index (χ0n) is 18.5. The van der Waals surface area contributed by atoms with Gasteiger partial charge in [-0.2, -0.15) is 0 Å². The molecule has 0 aromatic heterocycles. The van der Waals surface area contributed by atoms with Gasteiger partial charge < -0.3 is 4.74 Å². The molecule has 2 saturated heterocycles. The molecule has 0 radical (unpaired) electrons. The van der Waals surface area contributed by atoms with E-state index in [0.717, 1.165) is 9.37 Å². The number of methoxy groups -OCH3 is 1. The van der Waals surface area contributed by atoms with E-state index in [0.29, 0.717) is 26.4 Å². The highest BCUT2D eigenvalue weighted by atomic mass is 79.9. The molecule has 1 N–H and O–H groups in total. The fourth-order valence-corrected chi connectivity index (χ4v) is 5.91. The minimum absolute atomic E-state index is 0.151. The Morgan fingerprint density at radius 1 is 0.972 bits per heavy atom. The monoisotopic (exact) mass is 651 g/mol. The van der Waals surface area contributed by atoms with Crippen molar-refractivity contribution < 1.29 is 19.1 Å². The van der Waals surface area contributed by atoms with Crippen LogP contribution in [0, 0.1) is 5.92 Å². The minimum atomic E-state index is -1.11. The third-order valence-electron chi connectivity index (χ3n) is 6.20. The highest BCUT2D eigenvalue weighted by molar-refractivity contribution is 9.10. The number of hydrazine groups is 1. The molecule has 2 fully saturated rings. The molecule has 0 bridgehead atoms. The van der Waals surface area contributed by atoms with E-state index in [1.165, 1.54) is 24.3 Å². The number of benzene rings is 3. The number of imide groups is 1. The molecule has 0 saturated carbocycles. The van der Waals surface area contributed by atoms with E-state index in [9.17, 15) is 14.4 Å². The van der Waals surface area contributed by atoms with Gasteiger partial charge in [0.25, 0.3) is 11.8 Å². The van der Waals surface area contributed by atoms with Crippen LogP contribution < -0.4 is 15.1 Å². The van der Waals surface area contributed by atoms with E-state index in [4.69, 9.17) is 27.9 Å². The minimum Gasteiger partial charge on any atom is -0.496 e. The number of hydrogen-bond acceptors (Lipinski definition) is 5. The van der Waals surface area contributed by atoms with Crippen LogP contribution in [0.15, 0.2) is 69.6 Å². The van der Waals surface area contributed by atoms with Crippen LogP contribution in [0.4, 0.5) is 5.69 Å². The lowest BCUT2D eigenvalue weighted by molar-refractivity contribution is -0.123. The molecule has 11 heteroatoms. The Morgan fingerprint density at radius 2 is 1.72 bits per heavy atom. The number of hydrogen-bond donors (Lipinski definition) is 1. The highest BCUT2D eigenvalue weighted by Gasteiger charge is 2.61. The zero-order valence-corrected chi connectivity index (χ0v) is 23.2. The Hall–Kier alpha value is -2.43. The molecule has 2 aliphatic heterocycles. The van der Waals surface area contributed by atoms with Gasteiger partial charge in [0, 0.05) is 25.1 Å². The lowest BCUT2D eigenvalue weighted by atomic mass is 9.90. The Labute approximate surface area is 233 Å². The summed E-state index contributed by atoms with van der Waals surface area (Å²) < 4.78 is 7.01. The second kappa shape index (κ2) is 9.79. The number of amides is 3. The van der Waals surface area contributed by atoms with Crippen molar-refractivity contribution in [2.45, 2.75) is 12.1 Å². The van der Waals surface area contributed by atoms with Crippen LogP contribution in [0.25, 0.3) is 0 Å². The number of fused-ring (bicyclic) bond motifs is 1. The quantitative estimate of drug-likeness (QED) is 0.361. The van der Waals surface area contributed by atoms with Crippen molar-refractivity contribution in [1.29, 1.82) is 0 Å². The number of carbonyl (C=O) groups excluding carboxylic acids is 3. The first-order chi connectivity index (χ1) is 17.2. The number of rotatable bonds is 4. The molecule has 3 amide bonds. The average Bonchev–Trinajstić information content (AvgIpc) is 3.36. The first-order valence-corrected chi connectivity index (χ1v) is 13.1. The molecule has 36 heavy (non-hydrogen) atoms. The van der Waals surface area contributed by atoms with Crippen molar-refractivity contribution in [2.24, 2.45) is 5.92 Å². The zero-order chi connectivity index (χ0) is 25.7. The summed E-state index contributed by atoms with van der Waals surface area (Å²) in [6.07, 6.45) is 0. The maximum absolute atomic E-state index is 13.8. The molecule has 3 atom stereocenters. The summed E-state index contributed by atoms with van der Waals surface area (Å²) in [5.74, 6) is -1.93. The predicted molar refractivity (Wildman–Crippen MR) is 143 cm³/mol. The summed E-state index contributed by atoms with van der Waals surface area (Å²) in [6, 6.07) is 14.9. The van der Waals surface area contributed by atoms with E-state index in [2.05, 4.69) is 37.3 Å². The third-order valence-corrected chi connectivity index (χ3v) is 7.73. The second-order valence-electron chi connectivity index (χ2n) is 8.26. The van der Waals surface area contributed by atoms with Crippen LogP contribution in [0.3, 0.4) is 0 Å². The first kappa shape index (κ1) is 25.2. The van der Waals surface area contributed by atoms with Crippen molar-refractivity contribution in [1.82, 2.24) is 10.4 Å². The maximum atomic E-state index is 13.8. The van der Waals surface area contributed by atoms with Crippen molar-refractivity contribution in [2.75, 3.05) is 12.0 Å². The third kappa shape index (κ3) is 4.22. The van der Waals surface area contributed by atoms with E-state index in [1.54, 1.807) is 48.5 Å². The Kier molecular flexibility index (Phi) is 6.86. The van der Waals surface area contributed by atoms with Gasteiger partial charge >= 0.3 is 0 Å². The fraction of sp³-hybridized carbons (Fsp3) is 0.160. The number of halogens is 4. The highest BCUT2D eigenvalue weighted by Crippen LogP contribution is 2.46. The molecule has 2 heterocycles. The number of nitrogens with zero attached hydrogens (tertiary/aromatic N) is 2. The van der Waals surface area contributed by atoms with E-state index in [-0.39, 0.29) is 10.7 Å². The molecular weight excluding hydrogens is 637 g/mol. The lowest BCUT2D eigenvalue weighted by Gasteiger charge is -2.26. The SMILES string of the molecule is COc1ccc(Br)cc1C1NN(C(=O)c2cccc(Br)c2)C2C(=O)N(c3ccc(Cl)cc3Cl)C(=O)C12. The van der Waals surface area contributed by atoms with Crippen LogP contribution in [0.2, 0.25) is 10.0 Å². The molecule has 3 unspecified atom stereocenters. The summed E-state index contributed by atoms with van der Waals surface area (Å²) in [5, 5.41) is 1.76. The Bertz CT molecular complexity index is 1420. The van der Waals surface area contributed by atoms with Gasteiger partial charge in [0.1, 0.15) is 11.8 Å². The number of nitrogens with one attached hydrogen (secondary N) is 1. The van der Waals surface area contributed by atoms with Gasteiger partial charge in [-0.3, -0.25) is 19.4 Å². The van der Waals surface area contributed by atoms with Crippen LogP contribution in [0.5, 0.6) is 5.75 Å². The average molecular weight is 654 g/mol. The van der Waals surface area contributed by atoms with Gasteiger partial charge in [-0.25, -0.2) is 10.3 Å². The van der Waals surface area contributed by atoms with Crippen molar-refractivity contribution in [3.05, 3.63) is 90.8 Å². The maximum Gasteiger partial charge on any atom is 0.268 e. The number of ether oxygens (including phenoxy) is 1. The van der Waals surface area contributed by atoms with Gasteiger partial charge in [0.05, 0.1) is 29.8 Å². The smallest absolute Gasteiger partial charge is 0.268 e. The summed E-state index contributed by atoms with van der Waals surface area (Å²) in [7, 11) is 1.52.